The average molecular weight is 394 g/mol. The Bertz CT molecular complexity index is 1140. The third-order valence-electron chi connectivity index (χ3n) is 4.79. The highest BCUT2D eigenvalue weighted by atomic mass is 16.5. The van der Waals surface area contributed by atoms with Crippen molar-refractivity contribution >= 4 is 28.5 Å². The van der Waals surface area contributed by atoms with E-state index in [1.807, 2.05) is 0 Å². The first-order valence-corrected chi connectivity index (χ1v) is 9.01. The number of anilines is 1. The maximum atomic E-state index is 12.5. The number of esters is 1. The first-order chi connectivity index (χ1) is 14.1. The number of ether oxygens (including phenoxy) is 2. The van der Waals surface area contributed by atoms with Gasteiger partial charge in [0.2, 0.25) is 5.91 Å². The summed E-state index contributed by atoms with van der Waals surface area (Å²) in [6, 6.07) is 13.9. The van der Waals surface area contributed by atoms with E-state index in [2.05, 4.69) is 10.3 Å². The Morgan fingerprint density at radius 1 is 1.14 bits per heavy atom. The van der Waals surface area contributed by atoms with Crippen LogP contribution in [0.3, 0.4) is 0 Å². The highest BCUT2D eigenvalue weighted by Crippen LogP contribution is 2.33. The van der Waals surface area contributed by atoms with E-state index < -0.39 is 17.4 Å². The molecule has 4 rings (SSSR count). The van der Waals surface area contributed by atoms with Crippen molar-refractivity contribution < 1.29 is 19.1 Å². The van der Waals surface area contributed by atoms with E-state index in [0.29, 0.717) is 22.3 Å². The molecule has 1 aromatic heterocycles. The largest absolute Gasteiger partial charge is 0.495 e. The zero-order valence-electron chi connectivity index (χ0n) is 15.6. The quantitative estimate of drug-likeness (QED) is 0.602. The number of nitrogens with zero attached hydrogens (tertiary/aromatic N) is 4. The molecule has 2 heterocycles. The smallest absolute Gasteiger partial charge is 0.313 e. The van der Waals surface area contributed by atoms with Crippen molar-refractivity contribution in [2.75, 3.05) is 18.6 Å². The Kier molecular flexibility index (Phi) is 4.94. The van der Waals surface area contributed by atoms with Crippen LogP contribution in [0.2, 0.25) is 0 Å². The molecule has 1 amide bonds. The molecule has 0 saturated carbocycles. The van der Waals surface area contributed by atoms with Crippen LogP contribution in [0.25, 0.3) is 10.9 Å². The summed E-state index contributed by atoms with van der Waals surface area (Å²) >= 11 is 0. The van der Waals surface area contributed by atoms with Crippen LogP contribution in [-0.2, 0) is 21.1 Å². The van der Waals surface area contributed by atoms with Crippen molar-refractivity contribution in [2.24, 2.45) is 5.92 Å². The molecule has 0 spiro atoms. The van der Waals surface area contributed by atoms with E-state index in [9.17, 15) is 14.4 Å². The van der Waals surface area contributed by atoms with Crippen LogP contribution in [-0.4, -0.2) is 40.5 Å². The van der Waals surface area contributed by atoms with E-state index in [1.165, 1.54) is 12.0 Å². The van der Waals surface area contributed by atoms with E-state index in [0.717, 1.165) is 4.68 Å². The number of hydrogen-bond donors (Lipinski definition) is 0. The highest BCUT2D eigenvalue weighted by molar-refractivity contribution is 6.00. The van der Waals surface area contributed by atoms with E-state index in [-0.39, 0.29) is 25.6 Å². The topological polar surface area (TPSA) is 104 Å². The SMILES string of the molecule is COc1ccccc1N1C[C@@H](C(=O)OCn2nnc3ccccc3c2=O)CC1=O. The number of hydrogen-bond acceptors (Lipinski definition) is 7. The molecule has 1 fully saturated rings. The molecule has 1 aliphatic heterocycles. The molecule has 0 radical (unpaired) electrons. The molecule has 9 nitrogen and oxygen atoms in total. The highest BCUT2D eigenvalue weighted by Gasteiger charge is 2.37. The second-order valence-corrected chi connectivity index (χ2v) is 6.58. The van der Waals surface area contributed by atoms with Crippen LogP contribution in [0.4, 0.5) is 5.69 Å². The lowest BCUT2D eigenvalue weighted by Gasteiger charge is -2.19. The molecule has 1 atom stereocenters. The summed E-state index contributed by atoms with van der Waals surface area (Å²) in [5.74, 6) is -0.860. The Morgan fingerprint density at radius 3 is 2.72 bits per heavy atom. The lowest BCUT2D eigenvalue weighted by atomic mass is 10.1. The van der Waals surface area contributed by atoms with Gasteiger partial charge in [0, 0.05) is 13.0 Å². The first kappa shape index (κ1) is 18.6. The molecule has 29 heavy (non-hydrogen) atoms. The van der Waals surface area contributed by atoms with Crippen LogP contribution < -0.4 is 15.2 Å². The molecule has 0 N–H and O–H groups in total. The molecule has 1 saturated heterocycles. The number of rotatable bonds is 5. The number of methoxy groups -OCH3 is 1. The number of fused-ring (bicyclic) bond motifs is 1. The standard InChI is InChI=1S/C20H18N4O5/c1-28-17-9-5-4-8-16(17)23-11-13(10-18(23)25)20(27)29-12-24-19(26)14-6-2-3-7-15(14)21-22-24/h2-9,13H,10-12H2,1H3/t13-/m0/s1. The number of aromatic nitrogens is 3. The predicted octanol–water partition coefficient (Wildman–Crippen LogP) is 1.35. The zero-order chi connectivity index (χ0) is 20.4. The number of carbonyl (C=O) groups excluding carboxylic acids is 2. The van der Waals surface area contributed by atoms with Crippen molar-refractivity contribution in [3.05, 3.63) is 58.9 Å². The van der Waals surface area contributed by atoms with Gasteiger partial charge in [0.05, 0.1) is 24.1 Å². The minimum absolute atomic E-state index is 0.0230. The fraction of sp³-hybridized carbons (Fsp3) is 0.250. The van der Waals surface area contributed by atoms with Gasteiger partial charge in [0.25, 0.3) is 5.56 Å². The van der Waals surface area contributed by atoms with Crippen LogP contribution in [0.15, 0.2) is 53.3 Å². The van der Waals surface area contributed by atoms with Gasteiger partial charge in [0.1, 0.15) is 11.3 Å². The average Bonchev–Trinajstić information content (AvgIpc) is 3.14. The predicted molar refractivity (Wildman–Crippen MR) is 103 cm³/mol. The molecular formula is C20H18N4O5. The molecule has 0 aliphatic carbocycles. The fourth-order valence-electron chi connectivity index (χ4n) is 3.30. The number of benzene rings is 2. The van der Waals surface area contributed by atoms with Crippen LogP contribution in [0, 0.1) is 5.92 Å². The Morgan fingerprint density at radius 2 is 1.90 bits per heavy atom. The van der Waals surface area contributed by atoms with Crippen LogP contribution in [0.1, 0.15) is 6.42 Å². The Hall–Kier alpha value is -3.75. The number of carbonyl (C=O) groups is 2. The molecule has 0 unspecified atom stereocenters. The lowest BCUT2D eigenvalue weighted by Crippen LogP contribution is -2.29. The van der Waals surface area contributed by atoms with Crippen LogP contribution in [0.5, 0.6) is 5.75 Å². The molecule has 0 bridgehead atoms. The summed E-state index contributed by atoms with van der Waals surface area (Å²) in [4.78, 5) is 38.8. The number of amides is 1. The van der Waals surface area contributed by atoms with Crippen molar-refractivity contribution in [3.63, 3.8) is 0 Å². The second kappa shape index (κ2) is 7.70. The van der Waals surface area contributed by atoms with Gasteiger partial charge in [-0.1, -0.05) is 29.5 Å². The van der Waals surface area contributed by atoms with E-state index in [1.54, 1.807) is 48.5 Å². The Balaban J connectivity index is 1.45. The zero-order valence-corrected chi connectivity index (χ0v) is 15.6. The van der Waals surface area contributed by atoms with Gasteiger partial charge in [-0.25, -0.2) is 0 Å². The van der Waals surface area contributed by atoms with Gasteiger partial charge in [-0.3, -0.25) is 14.4 Å². The van der Waals surface area contributed by atoms with Crippen molar-refractivity contribution in [1.82, 2.24) is 15.0 Å². The summed E-state index contributed by atoms with van der Waals surface area (Å²) in [7, 11) is 1.52. The molecule has 148 valence electrons. The van der Waals surface area contributed by atoms with Crippen LogP contribution >= 0.6 is 0 Å². The van der Waals surface area contributed by atoms with Crippen molar-refractivity contribution in [2.45, 2.75) is 13.2 Å². The third kappa shape index (κ3) is 3.54. The molecule has 9 heteroatoms. The maximum absolute atomic E-state index is 12.5. The molecule has 3 aromatic rings. The third-order valence-corrected chi connectivity index (χ3v) is 4.79. The lowest BCUT2D eigenvalue weighted by molar-refractivity contribution is -0.152. The Labute approximate surface area is 165 Å². The minimum Gasteiger partial charge on any atom is -0.495 e. The van der Waals surface area contributed by atoms with Gasteiger partial charge >= 0.3 is 5.97 Å². The first-order valence-electron chi connectivity index (χ1n) is 9.01. The van der Waals surface area contributed by atoms with Gasteiger partial charge in [-0.15, -0.1) is 5.10 Å². The normalized spacial score (nSPS) is 16.2. The summed E-state index contributed by atoms with van der Waals surface area (Å²) in [5, 5.41) is 8.12. The summed E-state index contributed by atoms with van der Waals surface area (Å²) in [6.07, 6.45) is 0.0230. The van der Waals surface area contributed by atoms with Crippen molar-refractivity contribution in [1.29, 1.82) is 0 Å². The summed E-state index contributed by atoms with van der Waals surface area (Å²) in [6.45, 7) is -0.189. The summed E-state index contributed by atoms with van der Waals surface area (Å²) < 4.78 is 11.5. The summed E-state index contributed by atoms with van der Waals surface area (Å²) in [5.41, 5.74) is 0.669. The minimum atomic E-state index is -0.642. The molecule has 1 aliphatic rings. The number of para-hydroxylation sites is 2. The second-order valence-electron chi connectivity index (χ2n) is 6.58. The van der Waals surface area contributed by atoms with Gasteiger partial charge < -0.3 is 14.4 Å². The van der Waals surface area contributed by atoms with E-state index >= 15 is 0 Å². The van der Waals surface area contributed by atoms with E-state index in [4.69, 9.17) is 9.47 Å². The van der Waals surface area contributed by atoms with Gasteiger partial charge in [0.15, 0.2) is 6.73 Å². The molecular weight excluding hydrogens is 376 g/mol. The molecule has 2 aromatic carbocycles. The maximum Gasteiger partial charge on any atom is 0.313 e. The monoisotopic (exact) mass is 394 g/mol. The van der Waals surface area contributed by atoms with Crippen molar-refractivity contribution in [3.8, 4) is 5.75 Å². The van der Waals surface area contributed by atoms with Gasteiger partial charge in [-0.05, 0) is 24.3 Å². The van der Waals surface area contributed by atoms with Gasteiger partial charge in [-0.2, -0.15) is 4.68 Å². The fourth-order valence-corrected chi connectivity index (χ4v) is 3.30.